The van der Waals surface area contributed by atoms with Gasteiger partial charge in [-0.2, -0.15) is 0 Å². The average molecular weight is 479 g/mol. The minimum Gasteiger partial charge on any atom is -0.480 e. The molecule has 0 aliphatic heterocycles. The Labute approximate surface area is 206 Å². The van der Waals surface area contributed by atoms with Crippen LogP contribution in [0.25, 0.3) is 11.1 Å². The van der Waals surface area contributed by atoms with Crippen molar-refractivity contribution in [1.82, 2.24) is 10.6 Å². The number of ether oxygens (including phenoxy) is 1. The molecule has 7 nitrogen and oxygen atoms in total. The normalized spacial score (nSPS) is 20.0. The molecule has 1 fully saturated rings. The fourth-order valence-electron chi connectivity index (χ4n) is 5.38. The number of amides is 2. The van der Waals surface area contributed by atoms with Gasteiger partial charge in [0, 0.05) is 12.0 Å². The van der Waals surface area contributed by atoms with Crippen LogP contribution in [0.4, 0.5) is 4.79 Å². The second kappa shape index (κ2) is 10.9. The monoisotopic (exact) mass is 478 g/mol. The number of carboxylic acids is 1. The van der Waals surface area contributed by atoms with Gasteiger partial charge in [-0.1, -0.05) is 75.2 Å². The van der Waals surface area contributed by atoms with Crippen molar-refractivity contribution in [2.24, 2.45) is 11.8 Å². The molecule has 2 amide bonds. The van der Waals surface area contributed by atoms with Gasteiger partial charge >= 0.3 is 12.1 Å². The maximum Gasteiger partial charge on any atom is 0.407 e. The Kier molecular flexibility index (Phi) is 7.73. The van der Waals surface area contributed by atoms with Crippen LogP contribution in [0, 0.1) is 11.8 Å². The summed E-state index contributed by atoms with van der Waals surface area (Å²) in [5, 5.41) is 15.1. The van der Waals surface area contributed by atoms with Gasteiger partial charge in [0.1, 0.15) is 12.6 Å². The zero-order chi connectivity index (χ0) is 24.9. The number of rotatable bonds is 8. The molecule has 4 rings (SSSR count). The third-order valence-corrected chi connectivity index (χ3v) is 7.07. The van der Waals surface area contributed by atoms with Crippen LogP contribution in [0.1, 0.15) is 63.0 Å². The first-order valence-electron chi connectivity index (χ1n) is 12.5. The first-order chi connectivity index (χ1) is 16.8. The van der Waals surface area contributed by atoms with Crippen molar-refractivity contribution in [2.45, 2.75) is 64.0 Å². The molecule has 2 aromatic carbocycles. The molecule has 0 bridgehead atoms. The molecule has 0 spiro atoms. The van der Waals surface area contributed by atoms with Gasteiger partial charge in [0.05, 0.1) is 5.92 Å². The lowest BCUT2D eigenvalue weighted by Gasteiger charge is -2.32. The number of carbonyl (C=O) groups is 3. The molecule has 2 aliphatic carbocycles. The molecule has 0 radical (unpaired) electrons. The van der Waals surface area contributed by atoms with Crippen LogP contribution in [0.5, 0.6) is 0 Å². The molecule has 2 aliphatic rings. The molecule has 7 heteroatoms. The second-order valence-corrected chi connectivity index (χ2v) is 10.00. The van der Waals surface area contributed by atoms with E-state index in [1.54, 1.807) is 0 Å². The predicted molar refractivity (Wildman–Crippen MR) is 133 cm³/mol. The summed E-state index contributed by atoms with van der Waals surface area (Å²) in [6.45, 7) is 4.05. The summed E-state index contributed by atoms with van der Waals surface area (Å²) >= 11 is 0. The molecule has 0 aromatic heterocycles. The molecule has 186 valence electrons. The topological polar surface area (TPSA) is 105 Å². The minimum atomic E-state index is -1.04. The van der Waals surface area contributed by atoms with Gasteiger partial charge < -0.3 is 20.5 Å². The number of carboxylic acid groups (broad SMARTS) is 1. The van der Waals surface area contributed by atoms with Crippen molar-refractivity contribution in [2.75, 3.05) is 6.61 Å². The van der Waals surface area contributed by atoms with Crippen LogP contribution in [0.2, 0.25) is 0 Å². The van der Waals surface area contributed by atoms with E-state index in [4.69, 9.17) is 4.74 Å². The standard InChI is InChI=1S/C28H34N2O5/c1-17(2)15-25(27(32)33)29-26(31)22-13-7-8-14-24(22)30-28(34)35-16-23-20-11-5-3-9-18(20)19-10-4-6-12-21(19)23/h3-6,9-12,17,22-25H,7-8,13-16H2,1-2H3,(H,29,31)(H,30,34)(H,32,33)/t22-,24+,25+/m1/s1. The third kappa shape index (κ3) is 5.66. The van der Waals surface area contributed by atoms with Crippen LogP contribution in [0.3, 0.4) is 0 Å². The fourth-order valence-corrected chi connectivity index (χ4v) is 5.38. The summed E-state index contributed by atoms with van der Waals surface area (Å²) in [5.41, 5.74) is 4.61. The highest BCUT2D eigenvalue weighted by atomic mass is 16.5. The molecule has 0 unspecified atom stereocenters. The number of benzene rings is 2. The third-order valence-electron chi connectivity index (χ3n) is 7.07. The van der Waals surface area contributed by atoms with Crippen molar-refractivity contribution >= 4 is 18.0 Å². The van der Waals surface area contributed by atoms with Gasteiger partial charge in [-0.25, -0.2) is 9.59 Å². The zero-order valence-corrected chi connectivity index (χ0v) is 20.3. The van der Waals surface area contributed by atoms with Crippen LogP contribution in [-0.4, -0.2) is 41.8 Å². The van der Waals surface area contributed by atoms with Crippen LogP contribution in [-0.2, 0) is 14.3 Å². The van der Waals surface area contributed by atoms with Gasteiger partial charge in [0.2, 0.25) is 5.91 Å². The number of hydrogen-bond acceptors (Lipinski definition) is 4. The van der Waals surface area contributed by atoms with E-state index in [-0.39, 0.29) is 30.4 Å². The van der Waals surface area contributed by atoms with Crippen molar-refractivity contribution in [3.05, 3.63) is 59.7 Å². The quantitative estimate of drug-likeness (QED) is 0.510. The Hall–Kier alpha value is -3.35. The molecule has 0 heterocycles. The highest BCUT2D eigenvalue weighted by Crippen LogP contribution is 2.44. The Balaban J connectivity index is 1.38. The van der Waals surface area contributed by atoms with E-state index in [1.165, 1.54) is 0 Å². The molecule has 3 N–H and O–H groups in total. The average Bonchev–Trinajstić information content (AvgIpc) is 3.16. The number of alkyl carbamates (subject to hydrolysis) is 1. The van der Waals surface area contributed by atoms with E-state index < -0.39 is 24.0 Å². The van der Waals surface area contributed by atoms with E-state index in [0.29, 0.717) is 19.3 Å². The summed E-state index contributed by atoms with van der Waals surface area (Å²) in [5.74, 6) is -1.73. The first-order valence-corrected chi connectivity index (χ1v) is 12.5. The van der Waals surface area contributed by atoms with Gasteiger partial charge in [-0.05, 0) is 47.4 Å². The summed E-state index contributed by atoms with van der Waals surface area (Å²) in [4.78, 5) is 37.3. The van der Waals surface area contributed by atoms with E-state index in [0.717, 1.165) is 35.1 Å². The molecule has 0 saturated heterocycles. The molecule has 35 heavy (non-hydrogen) atoms. The van der Waals surface area contributed by atoms with E-state index in [9.17, 15) is 19.5 Å². The second-order valence-electron chi connectivity index (χ2n) is 10.00. The number of hydrogen-bond donors (Lipinski definition) is 3. The lowest BCUT2D eigenvalue weighted by Crippen LogP contribution is -2.52. The highest BCUT2D eigenvalue weighted by molar-refractivity contribution is 5.86. The van der Waals surface area contributed by atoms with Crippen molar-refractivity contribution in [3.63, 3.8) is 0 Å². The maximum absolute atomic E-state index is 13.0. The van der Waals surface area contributed by atoms with E-state index in [1.807, 2.05) is 38.1 Å². The van der Waals surface area contributed by atoms with E-state index >= 15 is 0 Å². The Morgan fingerprint density at radius 3 is 2.17 bits per heavy atom. The number of carbonyl (C=O) groups excluding carboxylic acids is 2. The lowest BCUT2D eigenvalue weighted by atomic mass is 9.83. The lowest BCUT2D eigenvalue weighted by molar-refractivity contribution is -0.143. The molecular weight excluding hydrogens is 444 g/mol. The summed E-state index contributed by atoms with van der Waals surface area (Å²) in [6.07, 6.45) is 2.83. The Morgan fingerprint density at radius 2 is 1.57 bits per heavy atom. The Bertz CT molecular complexity index is 1040. The predicted octanol–water partition coefficient (Wildman–Crippen LogP) is 4.70. The molecule has 3 atom stereocenters. The van der Waals surface area contributed by atoms with Crippen molar-refractivity contribution < 1.29 is 24.2 Å². The molecular formula is C28H34N2O5. The van der Waals surface area contributed by atoms with Crippen LogP contribution in [0.15, 0.2) is 48.5 Å². The summed E-state index contributed by atoms with van der Waals surface area (Å²) in [6, 6.07) is 15.0. The maximum atomic E-state index is 13.0. The van der Waals surface area contributed by atoms with Crippen molar-refractivity contribution in [1.29, 1.82) is 0 Å². The van der Waals surface area contributed by atoms with Gasteiger partial charge in [-0.15, -0.1) is 0 Å². The van der Waals surface area contributed by atoms with Crippen molar-refractivity contribution in [3.8, 4) is 11.1 Å². The van der Waals surface area contributed by atoms with Crippen LogP contribution >= 0.6 is 0 Å². The highest BCUT2D eigenvalue weighted by Gasteiger charge is 2.35. The fraction of sp³-hybridized carbons (Fsp3) is 0.464. The smallest absolute Gasteiger partial charge is 0.407 e. The molecule has 2 aromatic rings. The molecule has 1 saturated carbocycles. The van der Waals surface area contributed by atoms with Crippen LogP contribution < -0.4 is 10.6 Å². The first kappa shape index (κ1) is 24.8. The largest absolute Gasteiger partial charge is 0.480 e. The van der Waals surface area contributed by atoms with Gasteiger partial charge in [0.25, 0.3) is 0 Å². The SMILES string of the molecule is CC(C)C[C@H](NC(=O)[C@@H]1CCCC[C@@H]1NC(=O)OCC1c2ccccc2-c2ccccc21)C(=O)O. The number of aliphatic carboxylic acids is 1. The Morgan fingerprint density at radius 1 is 0.971 bits per heavy atom. The minimum absolute atomic E-state index is 0.0361. The summed E-state index contributed by atoms with van der Waals surface area (Å²) < 4.78 is 5.67. The number of nitrogens with one attached hydrogen (secondary N) is 2. The zero-order valence-electron chi connectivity index (χ0n) is 20.3. The number of fused-ring (bicyclic) bond motifs is 3. The van der Waals surface area contributed by atoms with Gasteiger partial charge in [0.15, 0.2) is 0 Å². The summed E-state index contributed by atoms with van der Waals surface area (Å²) in [7, 11) is 0. The van der Waals surface area contributed by atoms with Gasteiger partial charge in [-0.3, -0.25) is 4.79 Å². The van der Waals surface area contributed by atoms with E-state index in [2.05, 4.69) is 34.9 Å².